The highest BCUT2D eigenvalue weighted by Gasteiger charge is 2.08. The van der Waals surface area contributed by atoms with Crippen LogP contribution in [0.4, 0.5) is 4.39 Å². The molecule has 0 radical (unpaired) electrons. The molecule has 0 bridgehead atoms. The van der Waals surface area contributed by atoms with Crippen molar-refractivity contribution in [2.24, 2.45) is 0 Å². The number of hydrogen-bond donors (Lipinski definition) is 2. The molecule has 2 aromatic rings. The average molecular weight is 342 g/mol. The summed E-state index contributed by atoms with van der Waals surface area (Å²) >= 11 is 0. The van der Waals surface area contributed by atoms with E-state index < -0.39 is 24.4 Å². The minimum atomic E-state index is -0.742. The summed E-state index contributed by atoms with van der Waals surface area (Å²) in [6, 6.07) is 13.8. The van der Waals surface area contributed by atoms with Crippen LogP contribution in [0.1, 0.15) is 15.9 Å². The summed E-state index contributed by atoms with van der Waals surface area (Å²) in [7, 11) is 0. The fourth-order valence-corrected chi connectivity index (χ4v) is 1.75. The predicted molar refractivity (Wildman–Crippen MR) is 88.4 cm³/mol. The third-order valence-corrected chi connectivity index (χ3v) is 2.98. The first kappa shape index (κ1) is 17.9. The topological polar surface area (TPSA) is 84.5 Å². The molecular formula is C18H15FN2O4. The lowest BCUT2D eigenvalue weighted by Crippen LogP contribution is -2.43. The van der Waals surface area contributed by atoms with Gasteiger partial charge in [-0.3, -0.25) is 20.4 Å². The summed E-state index contributed by atoms with van der Waals surface area (Å²) < 4.78 is 17.5. The number of nitrogens with one attached hydrogen (secondary N) is 2. The van der Waals surface area contributed by atoms with Crippen molar-refractivity contribution < 1.29 is 23.5 Å². The number of amides is 2. The second-order valence-corrected chi connectivity index (χ2v) is 4.86. The van der Waals surface area contributed by atoms with Crippen LogP contribution < -0.4 is 10.9 Å². The molecule has 0 heterocycles. The van der Waals surface area contributed by atoms with Gasteiger partial charge >= 0.3 is 5.97 Å². The van der Waals surface area contributed by atoms with E-state index in [4.69, 9.17) is 4.74 Å². The van der Waals surface area contributed by atoms with Crippen molar-refractivity contribution in [1.29, 1.82) is 0 Å². The first-order valence-electron chi connectivity index (χ1n) is 7.29. The number of carbonyl (C=O) groups is 3. The number of halogens is 1. The number of hydrogen-bond acceptors (Lipinski definition) is 4. The van der Waals surface area contributed by atoms with Gasteiger partial charge in [0.15, 0.2) is 6.61 Å². The molecule has 0 saturated heterocycles. The standard InChI is InChI=1S/C18H15FN2O4/c19-15-9-6-13(7-10-15)8-11-17(23)25-12-16(22)20-21-18(24)14-4-2-1-3-5-14/h1-11H,12H2,(H,20,22)(H,21,24). The Kier molecular flexibility index (Phi) is 6.41. The van der Waals surface area contributed by atoms with Gasteiger partial charge < -0.3 is 4.74 Å². The third-order valence-electron chi connectivity index (χ3n) is 2.98. The Morgan fingerprint density at radius 1 is 0.960 bits per heavy atom. The fraction of sp³-hybridized carbons (Fsp3) is 0.0556. The molecule has 2 N–H and O–H groups in total. The van der Waals surface area contributed by atoms with Crippen LogP contribution in [0.5, 0.6) is 0 Å². The van der Waals surface area contributed by atoms with E-state index in [1.807, 2.05) is 0 Å². The van der Waals surface area contributed by atoms with Crippen LogP contribution in [-0.2, 0) is 14.3 Å². The van der Waals surface area contributed by atoms with Crippen molar-refractivity contribution in [3.05, 3.63) is 77.6 Å². The molecule has 0 unspecified atom stereocenters. The fourth-order valence-electron chi connectivity index (χ4n) is 1.75. The maximum absolute atomic E-state index is 12.7. The molecule has 0 aromatic heterocycles. The zero-order chi connectivity index (χ0) is 18.1. The molecule has 0 aliphatic rings. The highest BCUT2D eigenvalue weighted by atomic mass is 19.1. The Hall–Kier alpha value is -3.48. The quantitative estimate of drug-likeness (QED) is 0.493. The molecule has 2 rings (SSSR count). The van der Waals surface area contributed by atoms with Crippen molar-refractivity contribution >= 4 is 23.9 Å². The van der Waals surface area contributed by atoms with Crippen molar-refractivity contribution in [1.82, 2.24) is 10.9 Å². The number of carbonyl (C=O) groups excluding carboxylic acids is 3. The number of ether oxygens (including phenoxy) is 1. The summed E-state index contributed by atoms with van der Waals surface area (Å²) in [6.07, 6.45) is 2.54. The molecule has 2 amide bonds. The Bertz CT molecular complexity index is 773. The zero-order valence-corrected chi connectivity index (χ0v) is 13.1. The average Bonchev–Trinajstić information content (AvgIpc) is 2.64. The molecule has 0 spiro atoms. The molecule has 2 aromatic carbocycles. The van der Waals surface area contributed by atoms with Crippen LogP contribution in [0.15, 0.2) is 60.7 Å². The van der Waals surface area contributed by atoms with E-state index >= 15 is 0 Å². The van der Waals surface area contributed by atoms with Gasteiger partial charge in [0.2, 0.25) is 0 Å². The molecule has 0 saturated carbocycles. The minimum Gasteiger partial charge on any atom is -0.452 e. The Morgan fingerprint density at radius 2 is 1.64 bits per heavy atom. The molecule has 0 atom stereocenters. The minimum absolute atomic E-state index is 0.377. The van der Waals surface area contributed by atoms with E-state index in [2.05, 4.69) is 10.9 Å². The molecule has 7 heteroatoms. The lowest BCUT2D eigenvalue weighted by Gasteiger charge is -2.07. The normalized spacial score (nSPS) is 10.3. The molecule has 128 valence electrons. The smallest absolute Gasteiger partial charge is 0.331 e. The Labute approximate surface area is 143 Å². The first-order chi connectivity index (χ1) is 12.0. The van der Waals surface area contributed by atoms with Gasteiger partial charge in [-0.2, -0.15) is 0 Å². The van der Waals surface area contributed by atoms with Crippen LogP contribution in [0, 0.1) is 5.82 Å². The van der Waals surface area contributed by atoms with Gasteiger partial charge in [-0.25, -0.2) is 9.18 Å². The first-order valence-corrected chi connectivity index (χ1v) is 7.29. The van der Waals surface area contributed by atoms with Gasteiger partial charge in [0.1, 0.15) is 5.82 Å². The van der Waals surface area contributed by atoms with Crippen LogP contribution in [0.3, 0.4) is 0 Å². The lowest BCUT2D eigenvalue weighted by atomic mass is 10.2. The van der Waals surface area contributed by atoms with E-state index in [-0.39, 0.29) is 5.82 Å². The van der Waals surface area contributed by atoms with Crippen molar-refractivity contribution in [2.45, 2.75) is 0 Å². The number of hydrazine groups is 1. The van der Waals surface area contributed by atoms with Gasteiger partial charge in [-0.15, -0.1) is 0 Å². The monoisotopic (exact) mass is 342 g/mol. The van der Waals surface area contributed by atoms with Crippen molar-refractivity contribution in [2.75, 3.05) is 6.61 Å². The second kappa shape index (κ2) is 8.97. The summed E-state index contributed by atoms with van der Waals surface area (Å²) in [5.41, 5.74) is 5.32. The van der Waals surface area contributed by atoms with Crippen LogP contribution in [0.2, 0.25) is 0 Å². The van der Waals surface area contributed by atoms with Gasteiger partial charge in [-0.05, 0) is 35.9 Å². The summed E-state index contributed by atoms with van der Waals surface area (Å²) in [4.78, 5) is 34.7. The zero-order valence-electron chi connectivity index (χ0n) is 13.1. The number of esters is 1. The Morgan fingerprint density at radius 3 is 2.32 bits per heavy atom. The largest absolute Gasteiger partial charge is 0.452 e. The van der Waals surface area contributed by atoms with E-state index in [0.29, 0.717) is 11.1 Å². The highest BCUT2D eigenvalue weighted by Crippen LogP contribution is 2.04. The predicted octanol–water partition coefficient (Wildman–Crippen LogP) is 1.84. The van der Waals surface area contributed by atoms with Gasteiger partial charge in [0, 0.05) is 11.6 Å². The van der Waals surface area contributed by atoms with Crippen LogP contribution in [-0.4, -0.2) is 24.4 Å². The Balaban J connectivity index is 1.71. The van der Waals surface area contributed by atoms with E-state index in [0.717, 1.165) is 6.08 Å². The summed E-state index contributed by atoms with van der Waals surface area (Å²) in [5.74, 6) is -2.30. The molecule has 0 fully saturated rings. The summed E-state index contributed by atoms with van der Waals surface area (Å²) in [5, 5.41) is 0. The molecule has 6 nitrogen and oxygen atoms in total. The van der Waals surface area contributed by atoms with Crippen LogP contribution in [0.25, 0.3) is 6.08 Å². The second-order valence-electron chi connectivity index (χ2n) is 4.86. The van der Waals surface area contributed by atoms with E-state index in [9.17, 15) is 18.8 Å². The number of rotatable bonds is 5. The lowest BCUT2D eigenvalue weighted by molar-refractivity contribution is -0.144. The molecule has 0 aliphatic carbocycles. The highest BCUT2D eigenvalue weighted by molar-refractivity contribution is 5.95. The summed E-state index contributed by atoms with van der Waals surface area (Å²) in [6.45, 7) is -0.554. The number of benzene rings is 2. The van der Waals surface area contributed by atoms with Gasteiger partial charge in [0.05, 0.1) is 0 Å². The SMILES string of the molecule is O=C(COC(=O)C=Cc1ccc(F)cc1)NNC(=O)c1ccccc1. The molecule has 25 heavy (non-hydrogen) atoms. The van der Waals surface area contributed by atoms with Gasteiger partial charge in [-0.1, -0.05) is 30.3 Å². The third kappa shape index (κ3) is 6.26. The maximum atomic E-state index is 12.7. The maximum Gasteiger partial charge on any atom is 0.331 e. The van der Waals surface area contributed by atoms with Crippen molar-refractivity contribution in [3.8, 4) is 0 Å². The molecule has 0 aliphatic heterocycles. The van der Waals surface area contributed by atoms with Gasteiger partial charge in [0.25, 0.3) is 11.8 Å². The van der Waals surface area contributed by atoms with E-state index in [1.54, 1.807) is 30.3 Å². The van der Waals surface area contributed by atoms with E-state index in [1.165, 1.54) is 30.3 Å². The van der Waals surface area contributed by atoms with Crippen LogP contribution >= 0.6 is 0 Å². The van der Waals surface area contributed by atoms with Crippen molar-refractivity contribution in [3.63, 3.8) is 0 Å². The molecular weight excluding hydrogens is 327 g/mol.